The first-order valence-electron chi connectivity index (χ1n) is 6.26. The van der Waals surface area contributed by atoms with Crippen LogP contribution in [0, 0.1) is 5.92 Å². The van der Waals surface area contributed by atoms with Crippen molar-refractivity contribution in [3.8, 4) is 0 Å². The lowest BCUT2D eigenvalue weighted by molar-refractivity contribution is -0.299. The van der Waals surface area contributed by atoms with Crippen molar-refractivity contribution in [1.29, 1.82) is 0 Å². The minimum Gasteiger partial charge on any atom is -0.462 e. The fourth-order valence-electron chi connectivity index (χ4n) is 1.08. The van der Waals surface area contributed by atoms with Gasteiger partial charge in [-0.25, -0.2) is 4.79 Å². The van der Waals surface area contributed by atoms with E-state index >= 15 is 0 Å². The zero-order valence-electron chi connectivity index (χ0n) is 12.1. The van der Waals surface area contributed by atoms with Gasteiger partial charge >= 0.3 is 29.7 Å². The standard InChI is InChI=1S/C12H16F6O4/c1-4-7(2)8(19)21-5-6-22-9(20)11(15,16)12(17,18)10(3,13)14/h7H,4-6H2,1-3H3. The molecule has 0 aliphatic heterocycles. The predicted molar refractivity (Wildman–Crippen MR) is 61.9 cm³/mol. The lowest BCUT2D eigenvalue weighted by Crippen LogP contribution is -2.57. The molecule has 0 aromatic carbocycles. The molecular weight excluding hydrogens is 322 g/mol. The summed E-state index contributed by atoms with van der Waals surface area (Å²) in [6.07, 6.45) is 0.439. The molecule has 130 valence electrons. The molecule has 0 aromatic heterocycles. The molecular formula is C12H16F6O4. The highest BCUT2D eigenvalue weighted by Crippen LogP contribution is 2.45. The van der Waals surface area contributed by atoms with Crippen molar-refractivity contribution in [3.63, 3.8) is 0 Å². The second kappa shape index (κ2) is 7.19. The van der Waals surface area contributed by atoms with Gasteiger partial charge in [0, 0.05) is 6.92 Å². The monoisotopic (exact) mass is 338 g/mol. The van der Waals surface area contributed by atoms with Gasteiger partial charge in [0.15, 0.2) is 0 Å². The topological polar surface area (TPSA) is 52.6 Å². The number of alkyl halides is 6. The SMILES string of the molecule is CCC(C)C(=O)OCCOC(=O)C(F)(F)C(F)(F)C(C)(F)F. The summed E-state index contributed by atoms with van der Waals surface area (Å²) >= 11 is 0. The van der Waals surface area contributed by atoms with E-state index in [9.17, 15) is 35.9 Å². The van der Waals surface area contributed by atoms with Crippen molar-refractivity contribution in [2.24, 2.45) is 5.92 Å². The van der Waals surface area contributed by atoms with Gasteiger partial charge in [-0.2, -0.15) is 26.3 Å². The number of rotatable bonds is 8. The normalized spacial score (nSPS) is 14.4. The van der Waals surface area contributed by atoms with Crippen LogP contribution in [0.5, 0.6) is 0 Å². The Kier molecular flexibility index (Phi) is 6.70. The van der Waals surface area contributed by atoms with Crippen LogP contribution in [0.15, 0.2) is 0 Å². The van der Waals surface area contributed by atoms with Crippen LogP contribution in [0.2, 0.25) is 0 Å². The van der Waals surface area contributed by atoms with Crippen LogP contribution in [0.25, 0.3) is 0 Å². The van der Waals surface area contributed by atoms with E-state index in [-0.39, 0.29) is 0 Å². The van der Waals surface area contributed by atoms with Crippen molar-refractivity contribution < 1.29 is 45.4 Å². The first-order chi connectivity index (χ1) is 9.79. The van der Waals surface area contributed by atoms with Gasteiger partial charge < -0.3 is 9.47 Å². The van der Waals surface area contributed by atoms with Gasteiger partial charge in [-0.05, 0) is 6.42 Å². The third kappa shape index (κ3) is 4.51. The zero-order chi connectivity index (χ0) is 17.8. The third-order valence-corrected chi connectivity index (χ3v) is 2.78. The van der Waals surface area contributed by atoms with Gasteiger partial charge in [0.1, 0.15) is 13.2 Å². The predicted octanol–water partition coefficient (Wildman–Crippen LogP) is 3.04. The fourth-order valence-corrected chi connectivity index (χ4v) is 1.08. The Labute approximate surface area is 122 Å². The molecule has 4 nitrogen and oxygen atoms in total. The van der Waals surface area contributed by atoms with Gasteiger partial charge in [0.2, 0.25) is 0 Å². The van der Waals surface area contributed by atoms with Crippen molar-refractivity contribution in [2.75, 3.05) is 13.2 Å². The van der Waals surface area contributed by atoms with Gasteiger partial charge in [-0.15, -0.1) is 0 Å². The van der Waals surface area contributed by atoms with E-state index in [4.69, 9.17) is 0 Å². The molecule has 0 aromatic rings. The first kappa shape index (κ1) is 20.5. The van der Waals surface area contributed by atoms with Crippen molar-refractivity contribution in [3.05, 3.63) is 0 Å². The Morgan fingerprint density at radius 3 is 1.86 bits per heavy atom. The molecule has 0 rings (SSSR count). The maximum atomic E-state index is 13.0. The molecule has 0 saturated heterocycles. The second-order valence-electron chi connectivity index (χ2n) is 4.65. The van der Waals surface area contributed by atoms with E-state index in [1.165, 1.54) is 6.92 Å². The Hall–Kier alpha value is -1.48. The molecule has 10 heteroatoms. The molecule has 0 heterocycles. The van der Waals surface area contributed by atoms with Crippen LogP contribution in [0.3, 0.4) is 0 Å². The molecule has 0 aliphatic carbocycles. The van der Waals surface area contributed by atoms with Crippen LogP contribution in [0.1, 0.15) is 27.2 Å². The van der Waals surface area contributed by atoms with Crippen molar-refractivity contribution >= 4 is 11.9 Å². The number of carbonyl (C=O) groups is 2. The highest BCUT2D eigenvalue weighted by molar-refractivity contribution is 5.79. The van der Waals surface area contributed by atoms with Crippen LogP contribution >= 0.6 is 0 Å². The van der Waals surface area contributed by atoms with Crippen molar-refractivity contribution in [1.82, 2.24) is 0 Å². The summed E-state index contributed by atoms with van der Waals surface area (Å²) in [6, 6.07) is 0. The molecule has 0 fully saturated rings. The summed E-state index contributed by atoms with van der Waals surface area (Å²) in [6.45, 7) is 1.15. The molecule has 22 heavy (non-hydrogen) atoms. The summed E-state index contributed by atoms with van der Waals surface area (Å²) in [7, 11) is 0. The minimum atomic E-state index is -5.91. The van der Waals surface area contributed by atoms with Gasteiger partial charge in [0.05, 0.1) is 5.92 Å². The number of carbonyl (C=O) groups excluding carboxylic acids is 2. The minimum absolute atomic E-state index is 0.439. The van der Waals surface area contributed by atoms with E-state index < -0.39 is 55.8 Å². The maximum Gasteiger partial charge on any atom is 0.410 e. The second-order valence-corrected chi connectivity index (χ2v) is 4.65. The number of ether oxygens (including phenoxy) is 2. The number of esters is 2. The molecule has 0 spiro atoms. The Bertz CT molecular complexity index is 405. The molecule has 0 radical (unpaired) electrons. The molecule has 0 amide bonds. The molecule has 0 aliphatic rings. The molecule has 0 saturated carbocycles. The van der Waals surface area contributed by atoms with Crippen molar-refractivity contribution in [2.45, 2.75) is 45.0 Å². The zero-order valence-corrected chi connectivity index (χ0v) is 12.1. The highest BCUT2D eigenvalue weighted by Gasteiger charge is 2.73. The highest BCUT2D eigenvalue weighted by atomic mass is 19.3. The summed E-state index contributed by atoms with van der Waals surface area (Å²) in [4.78, 5) is 22.0. The number of hydrogen-bond donors (Lipinski definition) is 0. The average molecular weight is 338 g/mol. The lowest BCUT2D eigenvalue weighted by atomic mass is 10.1. The van der Waals surface area contributed by atoms with E-state index in [2.05, 4.69) is 9.47 Å². The largest absolute Gasteiger partial charge is 0.462 e. The Morgan fingerprint density at radius 2 is 1.45 bits per heavy atom. The Morgan fingerprint density at radius 1 is 1.00 bits per heavy atom. The van der Waals surface area contributed by atoms with E-state index in [0.29, 0.717) is 6.42 Å². The lowest BCUT2D eigenvalue weighted by Gasteiger charge is -2.28. The molecule has 0 N–H and O–H groups in total. The Balaban J connectivity index is 4.52. The summed E-state index contributed by atoms with van der Waals surface area (Å²) < 4.78 is 85.0. The average Bonchev–Trinajstić information content (AvgIpc) is 2.40. The van der Waals surface area contributed by atoms with E-state index in [1.807, 2.05) is 0 Å². The maximum absolute atomic E-state index is 13.0. The third-order valence-electron chi connectivity index (χ3n) is 2.78. The van der Waals surface area contributed by atoms with Gasteiger partial charge in [0.25, 0.3) is 0 Å². The van der Waals surface area contributed by atoms with Gasteiger partial charge in [-0.3, -0.25) is 4.79 Å². The smallest absolute Gasteiger partial charge is 0.410 e. The van der Waals surface area contributed by atoms with Crippen LogP contribution in [-0.4, -0.2) is 42.9 Å². The summed E-state index contributed by atoms with van der Waals surface area (Å²) in [5, 5.41) is 0. The van der Waals surface area contributed by atoms with E-state index in [0.717, 1.165) is 0 Å². The first-order valence-corrected chi connectivity index (χ1v) is 6.26. The fraction of sp³-hybridized carbons (Fsp3) is 0.833. The number of halogens is 6. The molecule has 1 atom stereocenters. The van der Waals surface area contributed by atoms with Crippen LogP contribution in [-0.2, 0) is 19.1 Å². The van der Waals surface area contributed by atoms with Gasteiger partial charge in [-0.1, -0.05) is 13.8 Å². The number of hydrogen-bond acceptors (Lipinski definition) is 4. The summed E-state index contributed by atoms with van der Waals surface area (Å²) in [5.74, 6) is -20.8. The quantitative estimate of drug-likeness (QED) is 0.388. The molecule has 0 bridgehead atoms. The van der Waals surface area contributed by atoms with Crippen LogP contribution in [0.4, 0.5) is 26.3 Å². The van der Waals surface area contributed by atoms with Crippen LogP contribution < -0.4 is 0 Å². The summed E-state index contributed by atoms with van der Waals surface area (Å²) in [5.41, 5.74) is 0. The van der Waals surface area contributed by atoms with E-state index in [1.54, 1.807) is 6.92 Å². The molecule has 1 unspecified atom stereocenters.